The van der Waals surface area contributed by atoms with Gasteiger partial charge in [-0.25, -0.2) is 9.38 Å². The monoisotopic (exact) mass is 351 g/mol. The molecule has 4 aromatic heterocycles. The Labute approximate surface area is 146 Å². The smallest absolute Gasteiger partial charge is 0.262 e. The van der Waals surface area contributed by atoms with Gasteiger partial charge >= 0.3 is 0 Å². The number of thiophene rings is 1. The molecule has 0 aliphatic heterocycles. The number of aromatic nitrogens is 3. The van der Waals surface area contributed by atoms with Crippen LogP contribution in [0.2, 0.25) is 0 Å². The second-order valence-corrected chi connectivity index (χ2v) is 7.05. The van der Waals surface area contributed by atoms with Gasteiger partial charge in [0.15, 0.2) is 4.96 Å². The predicted molar refractivity (Wildman–Crippen MR) is 101 cm³/mol. The number of hydrogen-bond acceptors (Lipinski definition) is 5. The van der Waals surface area contributed by atoms with Gasteiger partial charge in [0.25, 0.3) is 5.56 Å². The number of thiazole rings is 1. The first-order chi connectivity index (χ1) is 11.7. The van der Waals surface area contributed by atoms with E-state index in [0.717, 1.165) is 16.1 Å². The lowest BCUT2D eigenvalue weighted by Crippen LogP contribution is -2.18. The Hall–Kier alpha value is -2.57. The predicted octanol–water partition coefficient (Wildman–Crippen LogP) is 4.36. The molecular formula is C18H13N3OS2. The first-order valence-corrected chi connectivity index (χ1v) is 9.13. The molecule has 0 spiro atoms. The van der Waals surface area contributed by atoms with Gasteiger partial charge in [-0.3, -0.25) is 9.78 Å². The Balaban J connectivity index is 1.84. The summed E-state index contributed by atoms with van der Waals surface area (Å²) in [6.45, 7) is 1.82. The lowest BCUT2D eigenvalue weighted by molar-refractivity contribution is 1.04. The molecule has 24 heavy (non-hydrogen) atoms. The van der Waals surface area contributed by atoms with E-state index in [1.165, 1.54) is 11.3 Å². The first-order valence-electron chi connectivity index (χ1n) is 7.37. The highest BCUT2D eigenvalue weighted by molar-refractivity contribution is 7.16. The fraction of sp³-hybridized carbons (Fsp3) is 0.0556. The molecule has 118 valence electrons. The minimum Gasteiger partial charge on any atom is -0.269 e. The third-order valence-corrected chi connectivity index (χ3v) is 5.44. The average Bonchev–Trinajstić information content (AvgIpc) is 3.27. The minimum atomic E-state index is -0.0181. The largest absolute Gasteiger partial charge is 0.269 e. The Bertz CT molecular complexity index is 1080. The van der Waals surface area contributed by atoms with Crippen LogP contribution in [0.1, 0.15) is 16.8 Å². The van der Waals surface area contributed by atoms with Gasteiger partial charge in [0.05, 0.1) is 16.3 Å². The Morgan fingerprint density at radius 1 is 1.17 bits per heavy atom. The molecule has 0 aliphatic carbocycles. The SMILES string of the molecule is Cc1c(C=Cc2cccnc2)nc2scc(-c3cccs3)n2c1=O. The van der Waals surface area contributed by atoms with Gasteiger partial charge in [0.1, 0.15) is 0 Å². The van der Waals surface area contributed by atoms with Crippen molar-refractivity contribution in [2.75, 3.05) is 0 Å². The second-order valence-electron chi connectivity index (χ2n) is 5.26. The fourth-order valence-electron chi connectivity index (χ4n) is 2.46. The third-order valence-electron chi connectivity index (χ3n) is 3.72. The fourth-order valence-corrected chi connectivity index (χ4v) is 4.15. The van der Waals surface area contributed by atoms with E-state index >= 15 is 0 Å². The Kier molecular flexibility index (Phi) is 3.84. The molecule has 0 fully saturated rings. The van der Waals surface area contributed by atoms with Gasteiger partial charge in [-0.15, -0.1) is 22.7 Å². The topological polar surface area (TPSA) is 47.3 Å². The molecule has 4 heterocycles. The molecule has 0 amide bonds. The highest BCUT2D eigenvalue weighted by Crippen LogP contribution is 2.28. The molecule has 0 bridgehead atoms. The number of nitrogens with zero attached hydrogens (tertiary/aromatic N) is 3. The van der Waals surface area contributed by atoms with E-state index in [4.69, 9.17) is 0 Å². The second kappa shape index (κ2) is 6.14. The van der Waals surface area contributed by atoms with Crippen molar-refractivity contribution in [1.82, 2.24) is 14.4 Å². The Morgan fingerprint density at radius 3 is 2.83 bits per heavy atom. The molecule has 0 unspecified atom stereocenters. The lowest BCUT2D eigenvalue weighted by atomic mass is 10.2. The average molecular weight is 351 g/mol. The van der Waals surface area contributed by atoms with Crippen molar-refractivity contribution >= 4 is 39.8 Å². The molecule has 6 heteroatoms. The van der Waals surface area contributed by atoms with E-state index in [-0.39, 0.29) is 5.56 Å². The number of pyridine rings is 1. The summed E-state index contributed by atoms with van der Waals surface area (Å²) in [6.07, 6.45) is 7.30. The highest BCUT2D eigenvalue weighted by atomic mass is 32.1. The van der Waals surface area contributed by atoms with Crippen LogP contribution in [-0.4, -0.2) is 14.4 Å². The summed E-state index contributed by atoms with van der Waals surface area (Å²) >= 11 is 3.10. The first kappa shape index (κ1) is 15.0. The number of rotatable bonds is 3. The van der Waals surface area contributed by atoms with Gasteiger partial charge in [-0.05, 0) is 36.1 Å². The molecule has 0 saturated carbocycles. The summed E-state index contributed by atoms with van der Waals surface area (Å²) in [4.78, 5) is 23.4. The van der Waals surface area contributed by atoms with Crippen molar-refractivity contribution < 1.29 is 0 Å². The van der Waals surface area contributed by atoms with Crippen molar-refractivity contribution in [2.45, 2.75) is 6.92 Å². The van der Waals surface area contributed by atoms with Gasteiger partial charge in [0.2, 0.25) is 0 Å². The molecule has 4 rings (SSSR count). The minimum absolute atomic E-state index is 0.0181. The van der Waals surface area contributed by atoms with Crippen LogP contribution in [0.3, 0.4) is 0 Å². The molecule has 0 saturated heterocycles. The van der Waals surface area contributed by atoms with Crippen molar-refractivity contribution in [3.8, 4) is 10.6 Å². The van der Waals surface area contributed by atoms with Crippen LogP contribution in [0.25, 0.3) is 27.7 Å². The van der Waals surface area contributed by atoms with Crippen molar-refractivity contribution in [3.63, 3.8) is 0 Å². The maximum absolute atomic E-state index is 12.8. The summed E-state index contributed by atoms with van der Waals surface area (Å²) < 4.78 is 1.70. The summed E-state index contributed by atoms with van der Waals surface area (Å²) in [7, 11) is 0. The van der Waals surface area contributed by atoms with E-state index in [0.29, 0.717) is 16.2 Å². The van der Waals surface area contributed by atoms with Crippen molar-refractivity contribution in [1.29, 1.82) is 0 Å². The molecule has 4 aromatic rings. The van der Waals surface area contributed by atoms with Crippen LogP contribution in [0.4, 0.5) is 0 Å². The van der Waals surface area contributed by atoms with Crippen LogP contribution < -0.4 is 5.56 Å². The van der Waals surface area contributed by atoms with Crippen LogP contribution >= 0.6 is 22.7 Å². The number of fused-ring (bicyclic) bond motifs is 1. The van der Waals surface area contributed by atoms with Crippen LogP contribution in [0.15, 0.2) is 52.2 Å². The quantitative estimate of drug-likeness (QED) is 0.551. The summed E-state index contributed by atoms with van der Waals surface area (Å²) in [5, 5.41) is 4.00. The van der Waals surface area contributed by atoms with Gasteiger partial charge in [-0.2, -0.15) is 0 Å². The van der Waals surface area contributed by atoms with Gasteiger partial charge in [-0.1, -0.05) is 18.2 Å². The standard InChI is InChI=1S/C18H13N3OS2/c1-12-14(7-6-13-4-2-8-19-10-13)20-18-21(17(12)22)15(11-24-18)16-5-3-9-23-16/h2-11H,1H3. The summed E-state index contributed by atoms with van der Waals surface area (Å²) in [5.41, 5.74) is 3.21. The molecule has 4 nitrogen and oxygen atoms in total. The third kappa shape index (κ3) is 2.60. The van der Waals surface area contributed by atoms with Gasteiger partial charge < -0.3 is 0 Å². The molecule has 0 aromatic carbocycles. The molecule has 0 atom stereocenters. The van der Waals surface area contributed by atoms with Crippen molar-refractivity contribution in [3.05, 3.63) is 74.6 Å². The zero-order chi connectivity index (χ0) is 16.5. The van der Waals surface area contributed by atoms with Gasteiger partial charge in [0, 0.05) is 23.3 Å². The normalized spacial score (nSPS) is 11.5. The Morgan fingerprint density at radius 2 is 2.08 bits per heavy atom. The van der Waals surface area contributed by atoms with Crippen LogP contribution in [0, 0.1) is 6.92 Å². The zero-order valence-corrected chi connectivity index (χ0v) is 14.5. The van der Waals surface area contributed by atoms with E-state index in [2.05, 4.69) is 9.97 Å². The molecular weight excluding hydrogens is 338 g/mol. The summed E-state index contributed by atoms with van der Waals surface area (Å²) in [5.74, 6) is 0. The van der Waals surface area contributed by atoms with E-state index < -0.39 is 0 Å². The molecule has 0 N–H and O–H groups in total. The number of hydrogen-bond donors (Lipinski definition) is 0. The zero-order valence-electron chi connectivity index (χ0n) is 12.8. The highest BCUT2D eigenvalue weighted by Gasteiger charge is 2.13. The van der Waals surface area contributed by atoms with E-state index in [1.807, 2.05) is 54.1 Å². The maximum Gasteiger partial charge on any atom is 0.262 e. The molecule has 0 radical (unpaired) electrons. The lowest BCUT2D eigenvalue weighted by Gasteiger charge is -2.03. The van der Waals surface area contributed by atoms with Crippen LogP contribution in [0.5, 0.6) is 0 Å². The molecule has 0 aliphatic rings. The maximum atomic E-state index is 12.8. The van der Waals surface area contributed by atoms with E-state index in [1.54, 1.807) is 28.1 Å². The summed E-state index contributed by atoms with van der Waals surface area (Å²) in [6, 6.07) is 7.85. The van der Waals surface area contributed by atoms with Crippen molar-refractivity contribution in [2.24, 2.45) is 0 Å². The van der Waals surface area contributed by atoms with E-state index in [9.17, 15) is 4.79 Å². The van der Waals surface area contributed by atoms with Crippen LogP contribution in [-0.2, 0) is 0 Å².